The van der Waals surface area contributed by atoms with E-state index in [9.17, 15) is 30.6 Å². The summed E-state index contributed by atoms with van der Waals surface area (Å²) in [7, 11) is 0. The Morgan fingerprint density at radius 3 is 0.725 bits per heavy atom. The van der Waals surface area contributed by atoms with Gasteiger partial charge in [-0.15, -0.1) is 0 Å². The third-order valence-electron chi connectivity index (χ3n) is 6.99. The van der Waals surface area contributed by atoms with Crippen molar-refractivity contribution in [3.05, 3.63) is 89.5 Å². The average Bonchev–Trinajstić information content (AvgIpc) is 2.98. The van der Waals surface area contributed by atoms with E-state index >= 15 is 0 Å². The minimum absolute atomic E-state index is 0.00374. The van der Waals surface area contributed by atoms with Crippen molar-refractivity contribution in [2.45, 2.75) is 5.92 Å². The van der Waals surface area contributed by atoms with Crippen LogP contribution in [0.3, 0.4) is 0 Å². The molecule has 0 spiro atoms. The van der Waals surface area contributed by atoms with Gasteiger partial charge in [-0.2, -0.15) is 0 Å². The number of aliphatic hydroxyl groups excluding tert-OH is 6. The first-order valence-electron chi connectivity index (χ1n) is 13.8. The van der Waals surface area contributed by atoms with Gasteiger partial charge in [-0.25, -0.2) is 0 Å². The third-order valence-corrected chi connectivity index (χ3v) is 6.99. The van der Waals surface area contributed by atoms with E-state index in [-0.39, 0.29) is 45.6 Å². The van der Waals surface area contributed by atoms with E-state index < -0.39 is 0 Å². The Bertz CT molecular complexity index is 936. The lowest BCUT2D eigenvalue weighted by Crippen LogP contribution is -2.29. The summed E-state index contributed by atoms with van der Waals surface area (Å²) < 4.78 is 0. The highest BCUT2D eigenvalue weighted by atomic mass is 16.3. The van der Waals surface area contributed by atoms with E-state index in [4.69, 9.17) is 0 Å². The van der Waals surface area contributed by atoms with Gasteiger partial charge in [0.25, 0.3) is 0 Å². The molecule has 9 nitrogen and oxygen atoms in total. The van der Waals surface area contributed by atoms with E-state index in [0.717, 1.165) is 33.8 Å². The lowest BCUT2D eigenvalue weighted by atomic mass is 9.85. The van der Waals surface area contributed by atoms with Crippen molar-refractivity contribution < 1.29 is 30.6 Å². The SMILES string of the molecule is OCCN(CCO)c1ccc(C(c2ccc(N(CCO)CCO)cc2)c2ccc(N(CCO)CCO)cc2)cc1. The van der Waals surface area contributed by atoms with Gasteiger partial charge in [-0.1, -0.05) is 36.4 Å². The number of hydrogen-bond donors (Lipinski definition) is 6. The Kier molecular flexibility index (Phi) is 13.2. The maximum Gasteiger partial charge on any atom is 0.0606 e. The van der Waals surface area contributed by atoms with Crippen LogP contribution in [0, 0.1) is 0 Å². The van der Waals surface area contributed by atoms with E-state index in [1.807, 2.05) is 51.1 Å². The topological polar surface area (TPSA) is 131 Å². The lowest BCUT2D eigenvalue weighted by Gasteiger charge is -2.26. The van der Waals surface area contributed by atoms with Crippen molar-refractivity contribution in [1.82, 2.24) is 0 Å². The molecular weight excluding hydrogens is 510 g/mol. The first kappa shape index (κ1) is 31.3. The van der Waals surface area contributed by atoms with Crippen molar-refractivity contribution in [1.29, 1.82) is 0 Å². The van der Waals surface area contributed by atoms with Gasteiger partial charge in [-0.05, 0) is 53.1 Å². The smallest absolute Gasteiger partial charge is 0.0606 e. The summed E-state index contributed by atoms with van der Waals surface area (Å²) >= 11 is 0. The molecule has 0 fully saturated rings. The summed E-state index contributed by atoms with van der Waals surface area (Å²) in [6, 6.07) is 24.4. The molecule has 6 N–H and O–H groups in total. The molecule has 0 bridgehead atoms. The highest BCUT2D eigenvalue weighted by Crippen LogP contribution is 2.35. The van der Waals surface area contributed by atoms with Crippen LogP contribution in [0.15, 0.2) is 72.8 Å². The summed E-state index contributed by atoms with van der Waals surface area (Å²) in [5.74, 6) is -0.0884. The summed E-state index contributed by atoms with van der Waals surface area (Å²) in [4.78, 5) is 5.82. The molecule has 0 aliphatic rings. The molecule has 40 heavy (non-hydrogen) atoms. The molecule has 0 aromatic heterocycles. The average molecular weight is 554 g/mol. The van der Waals surface area contributed by atoms with Crippen LogP contribution in [0.5, 0.6) is 0 Å². The number of benzene rings is 3. The van der Waals surface area contributed by atoms with Crippen molar-refractivity contribution in [2.75, 3.05) is 93.6 Å². The summed E-state index contributed by atoms with van der Waals surface area (Å²) in [6.07, 6.45) is 0. The van der Waals surface area contributed by atoms with Crippen LogP contribution in [-0.2, 0) is 0 Å². The van der Waals surface area contributed by atoms with Gasteiger partial charge in [0.05, 0.1) is 39.6 Å². The second-order valence-electron chi connectivity index (χ2n) is 9.51. The molecule has 0 aliphatic heterocycles. The fourth-order valence-electron chi connectivity index (χ4n) is 5.04. The highest BCUT2D eigenvalue weighted by molar-refractivity contribution is 5.56. The van der Waals surface area contributed by atoms with Gasteiger partial charge in [0, 0.05) is 62.2 Å². The maximum absolute atomic E-state index is 9.44. The Morgan fingerprint density at radius 2 is 0.550 bits per heavy atom. The maximum atomic E-state index is 9.44. The minimum Gasteiger partial charge on any atom is -0.395 e. The Hall–Kier alpha value is -3.18. The van der Waals surface area contributed by atoms with Crippen molar-refractivity contribution in [3.8, 4) is 0 Å². The van der Waals surface area contributed by atoms with Gasteiger partial charge in [0.2, 0.25) is 0 Å². The lowest BCUT2D eigenvalue weighted by molar-refractivity contribution is 0.280. The van der Waals surface area contributed by atoms with Crippen LogP contribution < -0.4 is 14.7 Å². The van der Waals surface area contributed by atoms with E-state index in [2.05, 4.69) is 36.4 Å². The van der Waals surface area contributed by atoms with Crippen LogP contribution in [0.2, 0.25) is 0 Å². The van der Waals surface area contributed by atoms with E-state index in [1.165, 1.54) is 0 Å². The number of hydrogen-bond acceptors (Lipinski definition) is 9. The molecule has 0 saturated heterocycles. The van der Waals surface area contributed by atoms with Crippen LogP contribution in [-0.4, -0.2) is 110 Å². The summed E-state index contributed by atoms with van der Waals surface area (Å²) in [5, 5.41) is 56.6. The predicted octanol–water partition coefficient (Wildman–Crippen LogP) is 1.24. The molecule has 0 atom stereocenters. The van der Waals surface area contributed by atoms with Crippen molar-refractivity contribution in [3.63, 3.8) is 0 Å². The number of rotatable bonds is 18. The molecule has 3 rings (SSSR count). The van der Waals surface area contributed by atoms with Crippen LogP contribution in [0.1, 0.15) is 22.6 Å². The molecule has 218 valence electrons. The minimum atomic E-state index is -0.0884. The van der Waals surface area contributed by atoms with E-state index in [1.54, 1.807) is 0 Å². The molecule has 0 amide bonds. The zero-order valence-corrected chi connectivity index (χ0v) is 23.0. The second kappa shape index (κ2) is 16.8. The van der Waals surface area contributed by atoms with E-state index in [0.29, 0.717) is 39.3 Å². The molecule has 0 radical (unpaired) electrons. The Labute approximate surface area is 236 Å². The molecule has 0 unspecified atom stereocenters. The molecule has 3 aromatic rings. The normalized spacial score (nSPS) is 11.2. The van der Waals surface area contributed by atoms with Crippen molar-refractivity contribution >= 4 is 17.1 Å². The summed E-state index contributed by atoms with van der Waals surface area (Å²) in [5.41, 5.74) is 5.97. The number of aliphatic hydroxyl groups is 6. The van der Waals surface area contributed by atoms with Crippen LogP contribution >= 0.6 is 0 Å². The Balaban J connectivity index is 2.00. The molecule has 0 heterocycles. The standard InChI is InChI=1S/C31H43N3O6/c35-19-13-32(14-20-36)28-7-1-25(2-8-28)31(26-3-9-29(10-4-26)33(15-21-37)16-22-38)27-5-11-30(12-6-27)34(17-23-39)18-24-40/h1-12,31,35-40H,13-24H2. The second-order valence-corrected chi connectivity index (χ2v) is 9.51. The van der Waals surface area contributed by atoms with Crippen LogP contribution in [0.4, 0.5) is 17.1 Å². The summed E-state index contributed by atoms with van der Waals surface area (Å²) in [6.45, 7) is 2.58. The largest absolute Gasteiger partial charge is 0.395 e. The fraction of sp³-hybridized carbons (Fsp3) is 0.419. The number of anilines is 3. The first-order chi connectivity index (χ1) is 19.6. The van der Waals surface area contributed by atoms with Gasteiger partial charge in [-0.3, -0.25) is 0 Å². The van der Waals surface area contributed by atoms with Gasteiger partial charge < -0.3 is 45.3 Å². The van der Waals surface area contributed by atoms with Gasteiger partial charge >= 0.3 is 0 Å². The van der Waals surface area contributed by atoms with Crippen LogP contribution in [0.25, 0.3) is 0 Å². The molecule has 0 saturated carbocycles. The predicted molar refractivity (Wildman–Crippen MR) is 159 cm³/mol. The fourth-order valence-corrected chi connectivity index (χ4v) is 5.04. The van der Waals surface area contributed by atoms with Crippen molar-refractivity contribution in [2.24, 2.45) is 0 Å². The van der Waals surface area contributed by atoms with Gasteiger partial charge in [0.1, 0.15) is 0 Å². The molecule has 3 aromatic carbocycles. The third kappa shape index (κ3) is 8.41. The molecular formula is C31H43N3O6. The van der Waals surface area contributed by atoms with Gasteiger partial charge in [0.15, 0.2) is 0 Å². The zero-order chi connectivity index (χ0) is 28.7. The highest BCUT2D eigenvalue weighted by Gasteiger charge is 2.19. The quantitative estimate of drug-likeness (QED) is 0.129. The molecule has 0 aliphatic carbocycles. The monoisotopic (exact) mass is 553 g/mol. The zero-order valence-electron chi connectivity index (χ0n) is 23.0. The Morgan fingerprint density at radius 1 is 0.350 bits per heavy atom. The first-order valence-corrected chi connectivity index (χ1v) is 13.8. The number of nitrogens with zero attached hydrogens (tertiary/aromatic N) is 3. The molecule has 9 heteroatoms.